The Morgan fingerprint density at radius 2 is 2.08 bits per heavy atom. The molecule has 0 N–H and O–H groups in total. The van der Waals surface area contributed by atoms with Gasteiger partial charge in [0, 0.05) is 18.9 Å². The van der Waals surface area contributed by atoms with Gasteiger partial charge in [-0.1, -0.05) is 31.9 Å². The number of aryl methyl sites for hydroxylation is 1. The third kappa shape index (κ3) is 2.79. The molecule has 24 heavy (non-hydrogen) atoms. The van der Waals surface area contributed by atoms with Gasteiger partial charge in [-0.25, -0.2) is 0 Å². The lowest BCUT2D eigenvalue weighted by Gasteiger charge is -2.11. The third-order valence-corrected chi connectivity index (χ3v) is 5.54. The van der Waals surface area contributed by atoms with E-state index in [1.807, 2.05) is 4.57 Å². The fraction of sp³-hybridized carbons (Fsp3) is 0.684. The molecule has 3 rings (SSSR count). The number of fused-ring (bicyclic) bond motifs is 1. The van der Waals surface area contributed by atoms with Crippen LogP contribution < -0.4 is 0 Å². The largest absolute Gasteiger partial charge is 0.313 e. The van der Waals surface area contributed by atoms with Crippen LogP contribution in [0.3, 0.4) is 0 Å². The normalized spacial score (nSPS) is 25.8. The average Bonchev–Trinajstić information content (AvgIpc) is 2.96. The highest BCUT2D eigenvalue weighted by Gasteiger charge is 2.61. The van der Waals surface area contributed by atoms with Crippen LogP contribution in [0.5, 0.6) is 0 Å². The molecular weight excluding hydrogens is 300 g/mol. The quantitative estimate of drug-likeness (QED) is 0.795. The number of nitrogens with zero attached hydrogens (tertiary/aromatic N) is 4. The molecule has 1 aromatic heterocycles. The van der Waals surface area contributed by atoms with Crippen LogP contribution in [0.4, 0.5) is 0 Å². The number of Topliss-reactive ketones (excluding diaryl/α,β-unsaturated/α-hetero) is 1. The minimum atomic E-state index is -0.802. The van der Waals surface area contributed by atoms with Gasteiger partial charge in [0.05, 0.1) is 6.07 Å². The standard InChI is InChI=1S/C19H26N4O/c1-12(2)10-14-16(19(14,3)4)17(24)13(11-20)18-22-21-15-8-6-5-7-9-23(15)18/h10,13-14,16H,5-9H2,1-4H3/t13-,14+,16-/m0/s1. The second kappa shape index (κ2) is 6.16. The van der Waals surface area contributed by atoms with Gasteiger partial charge in [-0.05, 0) is 38.0 Å². The number of allylic oxidation sites excluding steroid dienone is 2. The first-order valence-electron chi connectivity index (χ1n) is 8.88. The van der Waals surface area contributed by atoms with Crippen LogP contribution in [-0.2, 0) is 17.8 Å². The molecule has 3 atom stereocenters. The fourth-order valence-electron chi connectivity index (χ4n) is 4.04. The van der Waals surface area contributed by atoms with Gasteiger partial charge < -0.3 is 4.57 Å². The summed E-state index contributed by atoms with van der Waals surface area (Å²) in [7, 11) is 0. The van der Waals surface area contributed by atoms with E-state index in [-0.39, 0.29) is 23.0 Å². The highest BCUT2D eigenvalue weighted by Crippen LogP contribution is 2.61. The molecule has 2 heterocycles. The van der Waals surface area contributed by atoms with Gasteiger partial charge in [-0.2, -0.15) is 5.26 Å². The van der Waals surface area contributed by atoms with E-state index in [2.05, 4.69) is 50.0 Å². The van der Waals surface area contributed by atoms with Crippen molar-refractivity contribution in [3.8, 4) is 6.07 Å². The van der Waals surface area contributed by atoms with E-state index in [0.29, 0.717) is 5.82 Å². The van der Waals surface area contributed by atoms with Crippen molar-refractivity contribution in [2.24, 2.45) is 17.3 Å². The molecule has 0 unspecified atom stereocenters. The summed E-state index contributed by atoms with van der Waals surface area (Å²) in [5, 5.41) is 18.2. The molecule has 5 heteroatoms. The van der Waals surface area contributed by atoms with Crippen LogP contribution in [0.1, 0.15) is 64.5 Å². The van der Waals surface area contributed by atoms with Crippen LogP contribution in [0.25, 0.3) is 0 Å². The summed E-state index contributed by atoms with van der Waals surface area (Å²) in [6, 6.07) is 2.21. The topological polar surface area (TPSA) is 71.6 Å². The van der Waals surface area contributed by atoms with E-state index in [4.69, 9.17) is 0 Å². The number of aromatic nitrogens is 3. The van der Waals surface area contributed by atoms with Gasteiger partial charge in [0.1, 0.15) is 5.82 Å². The Hall–Kier alpha value is -1.96. The van der Waals surface area contributed by atoms with Gasteiger partial charge in [0.25, 0.3) is 0 Å². The summed E-state index contributed by atoms with van der Waals surface area (Å²) in [5.74, 6) is 0.797. The van der Waals surface area contributed by atoms with E-state index < -0.39 is 5.92 Å². The molecule has 0 bridgehead atoms. The van der Waals surface area contributed by atoms with Gasteiger partial charge in [-0.3, -0.25) is 4.79 Å². The molecular formula is C19H26N4O. The molecule has 0 radical (unpaired) electrons. The molecule has 128 valence electrons. The molecule has 1 fully saturated rings. The van der Waals surface area contributed by atoms with Crippen LogP contribution in [0, 0.1) is 28.6 Å². The van der Waals surface area contributed by atoms with Crippen molar-refractivity contribution in [1.29, 1.82) is 5.26 Å². The maximum atomic E-state index is 13.1. The second-order valence-electron chi connectivity index (χ2n) is 7.97. The van der Waals surface area contributed by atoms with Crippen molar-refractivity contribution in [3.05, 3.63) is 23.3 Å². The van der Waals surface area contributed by atoms with E-state index in [0.717, 1.165) is 38.1 Å². The van der Waals surface area contributed by atoms with Crippen LogP contribution in [-0.4, -0.2) is 20.5 Å². The number of rotatable bonds is 4. The van der Waals surface area contributed by atoms with Gasteiger partial charge in [0.2, 0.25) is 0 Å². The monoisotopic (exact) mass is 326 g/mol. The second-order valence-corrected chi connectivity index (χ2v) is 7.97. The van der Waals surface area contributed by atoms with Gasteiger partial charge in [-0.15, -0.1) is 10.2 Å². The number of ketones is 1. The highest BCUT2D eigenvalue weighted by atomic mass is 16.1. The zero-order valence-corrected chi connectivity index (χ0v) is 15.0. The Kier molecular flexibility index (Phi) is 4.33. The van der Waals surface area contributed by atoms with Crippen molar-refractivity contribution in [2.75, 3.05) is 0 Å². The average molecular weight is 326 g/mol. The van der Waals surface area contributed by atoms with E-state index in [9.17, 15) is 10.1 Å². The molecule has 0 spiro atoms. The lowest BCUT2D eigenvalue weighted by atomic mass is 9.96. The Labute approximate surface area is 143 Å². The van der Waals surface area contributed by atoms with Crippen LogP contribution in [0.2, 0.25) is 0 Å². The lowest BCUT2D eigenvalue weighted by molar-refractivity contribution is -0.121. The van der Waals surface area contributed by atoms with E-state index in [1.54, 1.807) is 0 Å². The molecule has 0 saturated heterocycles. The summed E-state index contributed by atoms with van der Waals surface area (Å²) in [4.78, 5) is 13.1. The number of nitriles is 1. The van der Waals surface area contributed by atoms with E-state index >= 15 is 0 Å². The number of carbonyl (C=O) groups excluding carboxylic acids is 1. The minimum Gasteiger partial charge on any atom is -0.313 e. The first-order chi connectivity index (χ1) is 11.4. The summed E-state index contributed by atoms with van der Waals surface area (Å²) < 4.78 is 2.02. The molecule has 1 aromatic rings. The maximum absolute atomic E-state index is 13.1. The predicted molar refractivity (Wildman–Crippen MR) is 91.1 cm³/mol. The number of carbonyl (C=O) groups is 1. The summed E-state index contributed by atoms with van der Waals surface area (Å²) in [6.07, 6.45) is 6.36. The van der Waals surface area contributed by atoms with E-state index in [1.165, 1.54) is 5.57 Å². The molecule has 5 nitrogen and oxygen atoms in total. The Balaban J connectivity index is 1.88. The molecule has 2 aliphatic rings. The molecule has 0 aromatic carbocycles. The van der Waals surface area contributed by atoms with Crippen LogP contribution in [0.15, 0.2) is 11.6 Å². The molecule has 1 saturated carbocycles. The molecule has 0 amide bonds. The van der Waals surface area contributed by atoms with Crippen molar-refractivity contribution < 1.29 is 4.79 Å². The minimum absolute atomic E-state index is 0.00412. The lowest BCUT2D eigenvalue weighted by Crippen LogP contribution is -2.20. The summed E-state index contributed by atoms with van der Waals surface area (Å²) in [6.45, 7) is 9.14. The highest BCUT2D eigenvalue weighted by molar-refractivity contribution is 5.93. The van der Waals surface area contributed by atoms with Crippen molar-refractivity contribution >= 4 is 5.78 Å². The van der Waals surface area contributed by atoms with Gasteiger partial charge >= 0.3 is 0 Å². The summed E-state index contributed by atoms with van der Waals surface area (Å²) >= 11 is 0. The third-order valence-electron chi connectivity index (χ3n) is 5.54. The first kappa shape index (κ1) is 16.9. The SMILES string of the molecule is CC(C)=C[C@@H]1[C@@H](C(=O)[C@H](C#N)c2nnc3n2CCCCC3)C1(C)C. The smallest absolute Gasteiger partial charge is 0.165 e. The van der Waals surface area contributed by atoms with Crippen molar-refractivity contribution in [3.63, 3.8) is 0 Å². The maximum Gasteiger partial charge on any atom is 0.165 e. The van der Waals surface area contributed by atoms with Crippen molar-refractivity contribution in [1.82, 2.24) is 14.8 Å². The summed E-state index contributed by atoms with van der Waals surface area (Å²) in [5.41, 5.74) is 1.14. The zero-order chi connectivity index (χ0) is 17.5. The number of hydrogen-bond donors (Lipinski definition) is 0. The van der Waals surface area contributed by atoms with Crippen molar-refractivity contribution in [2.45, 2.75) is 65.8 Å². The van der Waals surface area contributed by atoms with Gasteiger partial charge in [0.15, 0.2) is 17.5 Å². The Morgan fingerprint density at radius 3 is 2.75 bits per heavy atom. The Morgan fingerprint density at radius 1 is 1.33 bits per heavy atom. The molecule has 1 aliphatic carbocycles. The first-order valence-corrected chi connectivity index (χ1v) is 8.88. The Bertz CT molecular complexity index is 718. The molecule has 1 aliphatic heterocycles. The number of hydrogen-bond acceptors (Lipinski definition) is 4. The zero-order valence-electron chi connectivity index (χ0n) is 15.0. The fourth-order valence-corrected chi connectivity index (χ4v) is 4.04. The van der Waals surface area contributed by atoms with Crippen LogP contribution >= 0.6 is 0 Å². The predicted octanol–water partition coefficient (Wildman–Crippen LogP) is 3.42.